The van der Waals surface area contributed by atoms with Gasteiger partial charge in [-0.3, -0.25) is 14.4 Å². The molecule has 0 atom stereocenters. The Labute approximate surface area is 202 Å². The number of anilines is 2. The minimum Gasteiger partial charge on any atom is -0.326 e. The van der Waals surface area contributed by atoms with Gasteiger partial charge in [-0.1, -0.05) is 42.5 Å². The Morgan fingerprint density at radius 1 is 0.882 bits per heavy atom. The molecule has 1 amide bonds. The summed E-state index contributed by atoms with van der Waals surface area (Å²) in [6, 6.07) is 21.9. The molecule has 0 aliphatic carbocycles. The van der Waals surface area contributed by atoms with Gasteiger partial charge >= 0.3 is 0 Å². The summed E-state index contributed by atoms with van der Waals surface area (Å²) in [7, 11) is -3.70. The molecule has 0 spiro atoms. The number of nitrogens with one attached hydrogen (secondary N) is 2. The summed E-state index contributed by atoms with van der Waals surface area (Å²) in [6.07, 6.45) is 1.62. The molecule has 1 heterocycles. The number of para-hydroxylation sites is 1. The summed E-state index contributed by atoms with van der Waals surface area (Å²) < 4.78 is 28.0. The van der Waals surface area contributed by atoms with E-state index in [9.17, 15) is 13.2 Å². The largest absolute Gasteiger partial charge is 0.326 e. The van der Waals surface area contributed by atoms with Crippen molar-refractivity contribution in [3.63, 3.8) is 0 Å². The zero-order valence-corrected chi connectivity index (χ0v) is 20.4. The summed E-state index contributed by atoms with van der Waals surface area (Å²) in [6.45, 7) is 6.66. The molecule has 6 nitrogen and oxygen atoms in total. The second-order valence-electron chi connectivity index (χ2n) is 8.91. The van der Waals surface area contributed by atoms with Gasteiger partial charge < -0.3 is 5.32 Å². The Kier molecular flexibility index (Phi) is 7.34. The van der Waals surface area contributed by atoms with E-state index in [2.05, 4.69) is 46.1 Å². The average Bonchev–Trinajstić information content (AvgIpc) is 2.83. The smallest absolute Gasteiger partial charge is 0.261 e. The number of likely N-dealkylation sites (tertiary alicyclic amines) is 1. The van der Waals surface area contributed by atoms with Crippen LogP contribution in [0.5, 0.6) is 0 Å². The van der Waals surface area contributed by atoms with Crippen molar-refractivity contribution >= 4 is 27.3 Å². The van der Waals surface area contributed by atoms with Crippen LogP contribution < -0.4 is 10.0 Å². The van der Waals surface area contributed by atoms with E-state index < -0.39 is 10.0 Å². The van der Waals surface area contributed by atoms with Gasteiger partial charge in [0.05, 0.1) is 10.6 Å². The second kappa shape index (κ2) is 10.4. The van der Waals surface area contributed by atoms with E-state index in [0.29, 0.717) is 11.4 Å². The van der Waals surface area contributed by atoms with Gasteiger partial charge in [0.15, 0.2) is 0 Å². The van der Waals surface area contributed by atoms with Crippen LogP contribution in [0.4, 0.5) is 11.4 Å². The molecule has 3 aromatic carbocycles. The summed E-state index contributed by atoms with van der Waals surface area (Å²) in [5.41, 5.74) is 4.62. The summed E-state index contributed by atoms with van der Waals surface area (Å²) in [5.74, 6) is -0.0524. The lowest BCUT2D eigenvalue weighted by Gasteiger charge is -2.31. The molecule has 1 aliphatic rings. The Bertz CT molecular complexity index is 1250. The first-order chi connectivity index (χ1) is 16.3. The van der Waals surface area contributed by atoms with Crippen LogP contribution in [0.15, 0.2) is 77.7 Å². The SMILES string of the molecule is Cc1ccccc1CN1CCC(C(=O)Nc2ccc(S(=O)(=O)Nc3ccccc3C)cc2)CC1. The van der Waals surface area contributed by atoms with E-state index in [4.69, 9.17) is 0 Å². The van der Waals surface area contributed by atoms with Crippen LogP contribution in [-0.2, 0) is 21.4 Å². The standard InChI is InChI=1S/C27H31N3O3S/c1-20-7-3-5-9-23(20)19-30-17-15-22(16-18-30)27(31)28-24-11-13-25(14-12-24)34(32,33)29-26-10-6-4-8-21(26)2/h3-14,22,29H,15-19H2,1-2H3,(H,28,31). The van der Waals surface area contributed by atoms with Crippen molar-refractivity contribution in [2.24, 2.45) is 5.92 Å². The number of amides is 1. The molecule has 1 aliphatic heterocycles. The molecular formula is C27H31N3O3S. The minimum atomic E-state index is -3.70. The average molecular weight is 478 g/mol. The van der Waals surface area contributed by atoms with Crippen LogP contribution in [0.2, 0.25) is 0 Å². The molecular weight excluding hydrogens is 446 g/mol. The summed E-state index contributed by atoms with van der Waals surface area (Å²) >= 11 is 0. The topological polar surface area (TPSA) is 78.5 Å². The lowest BCUT2D eigenvalue weighted by atomic mass is 9.95. The fourth-order valence-electron chi connectivity index (χ4n) is 4.23. The van der Waals surface area contributed by atoms with Gasteiger partial charge in [-0.05, 0) is 86.8 Å². The first kappa shape index (κ1) is 24.0. The van der Waals surface area contributed by atoms with Crippen molar-refractivity contribution in [2.45, 2.75) is 38.1 Å². The third-order valence-electron chi connectivity index (χ3n) is 6.44. The Morgan fingerprint density at radius 3 is 2.15 bits per heavy atom. The number of nitrogens with zero attached hydrogens (tertiary/aromatic N) is 1. The van der Waals surface area contributed by atoms with Crippen LogP contribution in [0.3, 0.4) is 0 Å². The number of aryl methyl sites for hydroxylation is 2. The van der Waals surface area contributed by atoms with Gasteiger partial charge in [0.1, 0.15) is 0 Å². The normalized spacial score (nSPS) is 15.1. The number of piperidine rings is 1. The van der Waals surface area contributed by atoms with E-state index in [-0.39, 0.29) is 16.7 Å². The van der Waals surface area contributed by atoms with Crippen molar-refractivity contribution in [1.29, 1.82) is 0 Å². The van der Waals surface area contributed by atoms with Crippen LogP contribution >= 0.6 is 0 Å². The van der Waals surface area contributed by atoms with E-state index in [0.717, 1.165) is 38.0 Å². The maximum Gasteiger partial charge on any atom is 0.261 e. The van der Waals surface area contributed by atoms with Gasteiger partial charge in [0.25, 0.3) is 10.0 Å². The number of hydrogen-bond donors (Lipinski definition) is 2. The highest BCUT2D eigenvalue weighted by molar-refractivity contribution is 7.92. The Hall–Kier alpha value is -3.16. The van der Waals surface area contributed by atoms with Crippen molar-refractivity contribution < 1.29 is 13.2 Å². The summed E-state index contributed by atoms with van der Waals surface area (Å²) in [5, 5.41) is 2.95. The molecule has 34 heavy (non-hydrogen) atoms. The quantitative estimate of drug-likeness (QED) is 0.504. The highest BCUT2D eigenvalue weighted by Crippen LogP contribution is 2.24. The molecule has 4 rings (SSSR count). The van der Waals surface area contributed by atoms with Crippen LogP contribution in [0, 0.1) is 19.8 Å². The predicted molar refractivity (Wildman–Crippen MR) is 136 cm³/mol. The fraction of sp³-hybridized carbons (Fsp3) is 0.296. The number of rotatable bonds is 7. The Morgan fingerprint density at radius 2 is 1.50 bits per heavy atom. The van der Waals surface area contributed by atoms with Crippen molar-refractivity contribution in [1.82, 2.24) is 4.90 Å². The molecule has 0 radical (unpaired) electrons. The molecule has 178 valence electrons. The Balaban J connectivity index is 1.31. The van der Waals surface area contributed by atoms with Crippen molar-refractivity contribution in [2.75, 3.05) is 23.1 Å². The van der Waals surface area contributed by atoms with Crippen LogP contribution in [0.25, 0.3) is 0 Å². The molecule has 3 aromatic rings. The minimum absolute atomic E-state index is 0.0100. The zero-order chi connectivity index (χ0) is 24.1. The van der Waals surface area contributed by atoms with Gasteiger partial charge in [0.2, 0.25) is 5.91 Å². The molecule has 0 aromatic heterocycles. The van der Waals surface area contributed by atoms with Gasteiger partial charge in [-0.25, -0.2) is 8.42 Å². The number of hydrogen-bond acceptors (Lipinski definition) is 4. The van der Waals surface area contributed by atoms with E-state index in [1.807, 2.05) is 19.1 Å². The number of benzene rings is 3. The van der Waals surface area contributed by atoms with Crippen LogP contribution in [0.1, 0.15) is 29.5 Å². The molecule has 0 unspecified atom stereocenters. The first-order valence-electron chi connectivity index (χ1n) is 11.6. The maximum absolute atomic E-state index is 12.8. The fourth-order valence-corrected chi connectivity index (χ4v) is 5.37. The third-order valence-corrected chi connectivity index (χ3v) is 7.82. The van der Waals surface area contributed by atoms with Gasteiger partial charge in [0, 0.05) is 18.2 Å². The molecule has 2 N–H and O–H groups in total. The second-order valence-corrected chi connectivity index (χ2v) is 10.6. The maximum atomic E-state index is 12.8. The number of carbonyl (C=O) groups excluding carboxylic acids is 1. The van der Waals surface area contributed by atoms with Crippen molar-refractivity contribution in [3.05, 3.63) is 89.5 Å². The monoisotopic (exact) mass is 477 g/mol. The van der Waals surface area contributed by atoms with E-state index in [1.165, 1.54) is 23.3 Å². The number of carbonyl (C=O) groups is 1. The highest BCUT2D eigenvalue weighted by Gasteiger charge is 2.25. The van der Waals surface area contributed by atoms with Crippen LogP contribution in [-0.4, -0.2) is 32.3 Å². The number of sulfonamides is 1. The van der Waals surface area contributed by atoms with Gasteiger partial charge in [-0.2, -0.15) is 0 Å². The van der Waals surface area contributed by atoms with Crippen molar-refractivity contribution in [3.8, 4) is 0 Å². The zero-order valence-electron chi connectivity index (χ0n) is 19.6. The van der Waals surface area contributed by atoms with E-state index >= 15 is 0 Å². The van der Waals surface area contributed by atoms with E-state index in [1.54, 1.807) is 24.3 Å². The summed E-state index contributed by atoms with van der Waals surface area (Å²) in [4.78, 5) is 15.3. The molecule has 7 heteroatoms. The lowest BCUT2D eigenvalue weighted by Crippen LogP contribution is -2.37. The molecule has 1 saturated heterocycles. The first-order valence-corrected chi connectivity index (χ1v) is 13.1. The molecule has 0 bridgehead atoms. The molecule has 1 fully saturated rings. The third kappa shape index (κ3) is 5.85. The highest BCUT2D eigenvalue weighted by atomic mass is 32.2. The predicted octanol–water partition coefficient (Wildman–Crippen LogP) is 4.95. The van der Waals surface area contributed by atoms with Gasteiger partial charge in [-0.15, -0.1) is 0 Å². The molecule has 0 saturated carbocycles. The lowest BCUT2D eigenvalue weighted by molar-refractivity contribution is -0.121.